The second kappa shape index (κ2) is 4.43. The molecule has 1 aromatic rings. The van der Waals surface area contributed by atoms with Gasteiger partial charge in [-0.15, -0.1) is 0 Å². The summed E-state index contributed by atoms with van der Waals surface area (Å²) in [5.74, 6) is -0.419. The van der Waals surface area contributed by atoms with Crippen LogP contribution in [0.15, 0.2) is 30.3 Å². The summed E-state index contributed by atoms with van der Waals surface area (Å²) in [6.07, 6.45) is 0.266. The number of Topliss-reactive ketones (excluding diaryl/α,β-unsaturated/α-hetero) is 1. The highest BCUT2D eigenvalue weighted by molar-refractivity contribution is 7.83. The van der Waals surface area contributed by atoms with E-state index >= 15 is 0 Å². The summed E-state index contributed by atoms with van der Waals surface area (Å²) in [4.78, 5) is 12.0. The standard InChI is InChI=1S/C11H14N2O4S/c12-11(6-7-13(11)18(15,16)17)10(14)8-9-4-2-1-3-5-9/h1-5H,6-8,12H2,(H,15,16,17). The minimum atomic E-state index is -4.42. The van der Waals surface area contributed by atoms with Gasteiger partial charge in [-0.05, 0) is 5.56 Å². The Bertz CT molecular complexity index is 558. The van der Waals surface area contributed by atoms with Crippen LogP contribution >= 0.6 is 0 Å². The molecule has 1 saturated heterocycles. The number of nitrogens with zero attached hydrogens (tertiary/aromatic N) is 1. The molecular formula is C11H14N2O4S. The van der Waals surface area contributed by atoms with Crippen molar-refractivity contribution in [3.63, 3.8) is 0 Å². The Kier molecular flexibility index (Phi) is 3.24. The second-order valence-corrected chi connectivity index (χ2v) is 5.65. The van der Waals surface area contributed by atoms with Crippen LogP contribution in [0.1, 0.15) is 12.0 Å². The van der Waals surface area contributed by atoms with Crippen LogP contribution in [0, 0.1) is 0 Å². The Labute approximate surface area is 105 Å². The van der Waals surface area contributed by atoms with Gasteiger partial charge < -0.3 is 5.73 Å². The van der Waals surface area contributed by atoms with Gasteiger partial charge in [0.1, 0.15) is 5.66 Å². The van der Waals surface area contributed by atoms with Crippen LogP contribution in [-0.2, 0) is 21.5 Å². The normalized spacial score (nSPS) is 24.6. The van der Waals surface area contributed by atoms with Gasteiger partial charge >= 0.3 is 10.3 Å². The molecule has 1 unspecified atom stereocenters. The van der Waals surface area contributed by atoms with Crippen LogP contribution in [0.5, 0.6) is 0 Å². The van der Waals surface area contributed by atoms with Crippen molar-refractivity contribution in [2.75, 3.05) is 6.54 Å². The lowest BCUT2D eigenvalue weighted by Gasteiger charge is -2.45. The van der Waals surface area contributed by atoms with Crippen molar-refractivity contribution in [1.82, 2.24) is 4.31 Å². The van der Waals surface area contributed by atoms with Gasteiger partial charge in [-0.1, -0.05) is 30.3 Å². The minimum Gasteiger partial charge on any atom is -0.306 e. The van der Waals surface area contributed by atoms with Crippen molar-refractivity contribution < 1.29 is 17.8 Å². The molecule has 0 spiro atoms. The molecule has 0 amide bonds. The number of ketones is 1. The number of hydrogen-bond donors (Lipinski definition) is 2. The fraction of sp³-hybridized carbons (Fsp3) is 0.364. The highest BCUT2D eigenvalue weighted by Crippen LogP contribution is 2.30. The number of carbonyl (C=O) groups is 1. The van der Waals surface area contributed by atoms with E-state index in [1.807, 2.05) is 6.07 Å². The molecule has 1 aromatic carbocycles. The Morgan fingerprint density at radius 1 is 1.39 bits per heavy atom. The van der Waals surface area contributed by atoms with E-state index in [-0.39, 0.29) is 19.4 Å². The molecule has 1 heterocycles. The first-order valence-electron chi connectivity index (χ1n) is 5.45. The summed E-state index contributed by atoms with van der Waals surface area (Å²) >= 11 is 0. The third-order valence-electron chi connectivity index (χ3n) is 3.11. The molecule has 0 radical (unpaired) electrons. The maximum absolute atomic E-state index is 12.0. The summed E-state index contributed by atoms with van der Waals surface area (Å²) < 4.78 is 31.7. The van der Waals surface area contributed by atoms with Gasteiger partial charge in [-0.25, -0.2) is 0 Å². The van der Waals surface area contributed by atoms with E-state index in [2.05, 4.69) is 0 Å². The van der Waals surface area contributed by atoms with Crippen LogP contribution in [0.2, 0.25) is 0 Å². The van der Waals surface area contributed by atoms with Gasteiger partial charge in [0.25, 0.3) is 0 Å². The molecule has 1 aliphatic rings. The molecule has 1 fully saturated rings. The van der Waals surface area contributed by atoms with Gasteiger partial charge in [0.2, 0.25) is 0 Å². The largest absolute Gasteiger partial charge is 0.337 e. The molecule has 1 aliphatic heterocycles. The lowest BCUT2D eigenvalue weighted by atomic mass is 9.90. The summed E-state index contributed by atoms with van der Waals surface area (Å²) in [5.41, 5.74) is 4.91. The van der Waals surface area contributed by atoms with Crippen molar-refractivity contribution >= 4 is 16.1 Å². The monoisotopic (exact) mass is 270 g/mol. The molecule has 0 saturated carbocycles. The van der Waals surface area contributed by atoms with Crippen LogP contribution in [0.4, 0.5) is 0 Å². The molecule has 2 rings (SSSR count). The van der Waals surface area contributed by atoms with Crippen LogP contribution in [0.3, 0.4) is 0 Å². The van der Waals surface area contributed by atoms with Crippen molar-refractivity contribution in [3.8, 4) is 0 Å². The Morgan fingerprint density at radius 3 is 2.44 bits per heavy atom. The third kappa shape index (κ3) is 2.30. The highest BCUT2D eigenvalue weighted by Gasteiger charge is 2.52. The van der Waals surface area contributed by atoms with Crippen LogP contribution in [0.25, 0.3) is 0 Å². The fourth-order valence-corrected chi connectivity index (χ4v) is 2.90. The maximum atomic E-state index is 12.0. The van der Waals surface area contributed by atoms with Gasteiger partial charge in [0.05, 0.1) is 0 Å². The Balaban J connectivity index is 2.15. The quantitative estimate of drug-likeness (QED) is 0.748. The molecule has 6 nitrogen and oxygen atoms in total. The van der Waals surface area contributed by atoms with E-state index in [1.165, 1.54) is 0 Å². The number of nitrogens with two attached hydrogens (primary N) is 1. The zero-order valence-corrected chi connectivity index (χ0v) is 10.4. The zero-order valence-electron chi connectivity index (χ0n) is 9.61. The van der Waals surface area contributed by atoms with Gasteiger partial charge in [-0.2, -0.15) is 12.7 Å². The molecule has 0 aliphatic carbocycles. The first-order valence-corrected chi connectivity index (χ1v) is 6.85. The Hall–Kier alpha value is -1.28. The average molecular weight is 270 g/mol. The van der Waals surface area contributed by atoms with E-state index in [0.29, 0.717) is 4.31 Å². The zero-order chi connectivity index (χ0) is 13.4. The number of rotatable bonds is 4. The smallest absolute Gasteiger partial charge is 0.306 e. The van der Waals surface area contributed by atoms with Gasteiger partial charge in [-0.3, -0.25) is 9.35 Å². The summed E-state index contributed by atoms with van der Waals surface area (Å²) in [5, 5.41) is 0. The Morgan fingerprint density at radius 2 is 2.00 bits per heavy atom. The van der Waals surface area contributed by atoms with Crippen molar-refractivity contribution in [1.29, 1.82) is 0 Å². The maximum Gasteiger partial charge on any atom is 0.337 e. The van der Waals surface area contributed by atoms with Crippen LogP contribution < -0.4 is 5.73 Å². The van der Waals surface area contributed by atoms with E-state index in [1.54, 1.807) is 24.3 Å². The molecule has 18 heavy (non-hydrogen) atoms. The average Bonchev–Trinajstić information content (AvgIpc) is 2.25. The molecule has 7 heteroatoms. The number of hydrogen-bond acceptors (Lipinski definition) is 4. The van der Waals surface area contributed by atoms with E-state index in [4.69, 9.17) is 10.3 Å². The summed E-state index contributed by atoms with van der Waals surface area (Å²) in [6.45, 7) is 0.0653. The predicted molar refractivity (Wildman–Crippen MR) is 64.9 cm³/mol. The molecule has 1 atom stereocenters. The summed E-state index contributed by atoms with van der Waals surface area (Å²) in [7, 11) is -4.42. The second-order valence-electron chi connectivity index (χ2n) is 4.31. The molecular weight excluding hydrogens is 256 g/mol. The lowest BCUT2D eigenvalue weighted by molar-refractivity contribution is -0.133. The first-order chi connectivity index (χ1) is 8.34. The van der Waals surface area contributed by atoms with Crippen molar-refractivity contribution in [2.24, 2.45) is 5.73 Å². The summed E-state index contributed by atoms with van der Waals surface area (Å²) in [6, 6.07) is 8.91. The van der Waals surface area contributed by atoms with Crippen LogP contribution in [-0.4, -0.2) is 35.3 Å². The van der Waals surface area contributed by atoms with E-state index in [0.717, 1.165) is 5.56 Å². The molecule has 0 bridgehead atoms. The van der Waals surface area contributed by atoms with E-state index in [9.17, 15) is 13.2 Å². The lowest BCUT2D eigenvalue weighted by Crippen LogP contribution is -2.72. The topological polar surface area (TPSA) is 101 Å². The third-order valence-corrected chi connectivity index (χ3v) is 4.18. The van der Waals surface area contributed by atoms with E-state index < -0.39 is 21.8 Å². The molecule has 3 N–H and O–H groups in total. The van der Waals surface area contributed by atoms with Gasteiger partial charge in [0.15, 0.2) is 5.78 Å². The molecule has 98 valence electrons. The number of carbonyl (C=O) groups excluding carboxylic acids is 1. The SMILES string of the molecule is NC1(C(=O)Cc2ccccc2)CCN1S(=O)(=O)O. The van der Waals surface area contributed by atoms with Crippen molar-refractivity contribution in [3.05, 3.63) is 35.9 Å². The predicted octanol–water partition coefficient (Wildman–Crippen LogP) is -0.0383. The fourth-order valence-electron chi connectivity index (χ4n) is 1.98. The highest BCUT2D eigenvalue weighted by atomic mass is 32.2. The van der Waals surface area contributed by atoms with Crippen molar-refractivity contribution in [2.45, 2.75) is 18.5 Å². The van der Waals surface area contributed by atoms with Gasteiger partial charge in [0, 0.05) is 19.4 Å². The molecule has 0 aromatic heterocycles. The minimum absolute atomic E-state index is 0.0450. The number of benzene rings is 1. The first kappa shape index (κ1) is 13.2.